The molecule has 0 unspecified atom stereocenters. The van der Waals surface area contributed by atoms with Gasteiger partial charge in [-0.15, -0.1) is 0 Å². The van der Waals surface area contributed by atoms with Crippen LogP contribution in [0.25, 0.3) is 0 Å². The quantitative estimate of drug-likeness (QED) is 0.831. The van der Waals surface area contributed by atoms with Gasteiger partial charge in [0.05, 0.1) is 18.1 Å². The lowest BCUT2D eigenvalue weighted by Gasteiger charge is -2.09. The van der Waals surface area contributed by atoms with Gasteiger partial charge >= 0.3 is 0 Å². The van der Waals surface area contributed by atoms with Crippen LogP contribution in [0, 0.1) is 5.82 Å². The van der Waals surface area contributed by atoms with E-state index in [1.165, 1.54) is 12.1 Å². The van der Waals surface area contributed by atoms with Crippen LogP contribution in [0.3, 0.4) is 0 Å². The molecule has 0 aromatic heterocycles. The first-order valence-electron chi connectivity index (χ1n) is 6.28. The number of benzene rings is 2. The highest BCUT2D eigenvalue weighted by Gasteiger charge is 2.06. The van der Waals surface area contributed by atoms with E-state index in [9.17, 15) is 9.18 Å². The van der Waals surface area contributed by atoms with Crippen LogP contribution in [0.1, 0.15) is 6.42 Å². The van der Waals surface area contributed by atoms with Gasteiger partial charge in [0.25, 0.3) is 0 Å². The molecule has 0 aliphatic rings. The maximum Gasteiger partial charge on any atom is 0.227 e. The fourth-order valence-corrected chi connectivity index (χ4v) is 1.91. The Balaban J connectivity index is 1.81. The zero-order valence-corrected chi connectivity index (χ0v) is 11.9. The third kappa shape index (κ3) is 4.65. The molecule has 0 radical (unpaired) electrons. The van der Waals surface area contributed by atoms with Crippen molar-refractivity contribution in [3.8, 4) is 5.75 Å². The number of amides is 1. The van der Waals surface area contributed by atoms with Crippen LogP contribution in [-0.4, -0.2) is 12.5 Å². The predicted molar refractivity (Wildman–Crippen MR) is 81.0 cm³/mol. The van der Waals surface area contributed by atoms with Crippen molar-refractivity contribution in [3.05, 3.63) is 53.3 Å². The first-order chi connectivity index (χ1) is 10.0. The number of nitrogens with one attached hydrogen (secondary N) is 1. The lowest BCUT2D eigenvalue weighted by atomic mass is 10.2. The molecule has 0 bridgehead atoms. The van der Waals surface area contributed by atoms with Gasteiger partial charge in [-0.1, -0.05) is 17.7 Å². The summed E-state index contributed by atoms with van der Waals surface area (Å²) in [5, 5.41) is 2.87. The summed E-state index contributed by atoms with van der Waals surface area (Å²) in [7, 11) is 0. The number of anilines is 2. The van der Waals surface area contributed by atoms with E-state index in [0.29, 0.717) is 17.1 Å². The molecular formula is C15H14ClFN2O2. The first-order valence-corrected chi connectivity index (χ1v) is 6.65. The van der Waals surface area contributed by atoms with E-state index in [0.717, 1.165) is 6.07 Å². The molecule has 6 heteroatoms. The summed E-state index contributed by atoms with van der Waals surface area (Å²) in [6, 6.07) is 10.7. The van der Waals surface area contributed by atoms with Crippen molar-refractivity contribution in [1.29, 1.82) is 0 Å². The minimum absolute atomic E-state index is 0.138. The molecule has 21 heavy (non-hydrogen) atoms. The maximum atomic E-state index is 12.9. The zero-order chi connectivity index (χ0) is 15.2. The average Bonchev–Trinajstić information content (AvgIpc) is 2.41. The van der Waals surface area contributed by atoms with Gasteiger partial charge in [0, 0.05) is 11.4 Å². The largest absolute Gasteiger partial charge is 0.491 e. The van der Waals surface area contributed by atoms with E-state index in [1.54, 1.807) is 24.3 Å². The molecule has 0 spiro atoms. The third-order valence-corrected chi connectivity index (χ3v) is 2.95. The Morgan fingerprint density at radius 3 is 2.81 bits per heavy atom. The van der Waals surface area contributed by atoms with Crippen molar-refractivity contribution in [3.63, 3.8) is 0 Å². The Hall–Kier alpha value is -2.27. The van der Waals surface area contributed by atoms with Gasteiger partial charge < -0.3 is 15.8 Å². The first kappa shape index (κ1) is 15.1. The van der Waals surface area contributed by atoms with E-state index in [4.69, 9.17) is 22.1 Å². The van der Waals surface area contributed by atoms with Gasteiger partial charge in [-0.3, -0.25) is 4.79 Å². The average molecular weight is 309 g/mol. The van der Waals surface area contributed by atoms with Crippen molar-refractivity contribution >= 4 is 28.9 Å². The minimum Gasteiger partial charge on any atom is -0.491 e. The number of nitrogen functional groups attached to an aromatic ring is 1. The molecule has 0 saturated heterocycles. The highest BCUT2D eigenvalue weighted by Crippen LogP contribution is 2.24. The number of nitrogens with two attached hydrogens (primary N) is 1. The molecule has 2 aromatic rings. The summed E-state index contributed by atoms with van der Waals surface area (Å²) in [6.07, 6.45) is 0.141. The highest BCUT2D eigenvalue weighted by molar-refractivity contribution is 6.32. The second kappa shape index (κ2) is 6.95. The number of ether oxygens (including phenoxy) is 1. The number of hydrogen-bond donors (Lipinski definition) is 2. The van der Waals surface area contributed by atoms with Crippen molar-refractivity contribution in [2.45, 2.75) is 6.42 Å². The van der Waals surface area contributed by atoms with Crippen LogP contribution in [-0.2, 0) is 4.79 Å². The lowest BCUT2D eigenvalue weighted by molar-refractivity contribution is -0.116. The van der Waals surface area contributed by atoms with Crippen LogP contribution in [0.5, 0.6) is 5.75 Å². The molecule has 0 aliphatic heterocycles. The molecule has 2 rings (SSSR count). The topological polar surface area (TPSA) is 64.3 Å². The monoisotopic (exact) mass is 308 g/mol. The van der Waals surface area contributed by atoms with Crippen LogP contribution >= 0.6 is 11.6 Å². The van der Waals surface area contributed by atoms with Gasteiger partial charge in [0.2, 0.25) is 5.91 Å². The van der Waals surface area contributed by atoms with Gasteiger partial charge in [0.1, 0.15) is 11.6 Å². The molecule has 0 fully saturated rings. The second-order valence-electron chi connectivity index (χ2n) is 4.35. The van der Waals surface area contributed by atoms with E-state index in [-0.39, 0.29) is 24.0 Å². The molecular weight excluding hydrogens is 295 g/mol. The number of carbonyl (C=O) groups is 1. The minimum atomic E-state index is -0.438. The van der Waals surface area contributed by atoms with Crippen molar-refractivity contribution in [2.24, 2.45) is 0 Å². The van der Waals surface area contributed by atoms with Crippen LogP contribution in [0.15, 0.2) is 42.5 Å². The van der Waals surface area contributed by atoms with Gasteiger partial charge in [-0.05, 0) is 36.4 Å². The molecule has 4 nitrogen and oxygen atoms in total. The summed E-state index contributed by atoms with van der Waals surface area (Å²) in [5.41, 5.74) is 6.81. The Morgan fingerprint density at radius 1 is 1.29 bits per heavy atom. The Bertz CT molecular complexity index is 649. The van der Waals surface area contributed by atoms with Gasteiger partial charge in [0.15, 0.2) is 0 Å². The predicted octanol–water partition coefficient (Wildman–Crippen LogP) is 3.47. The molecule has 0 atom stereocenters. The number of rotatable bonds is 5. The molecule has 0 heterocycles. The zero-order valence-electron chi connectivity index (χ0n) is 11.1. The van der Waals surface area contributed by atoms with Gasteiger partial charge in [-0.2, -0.15) is 0 Å². The maximum absolute atomic E-state index is 12.9. The molecule has 1 amide bonds. The van der Waals surface area contributed by atoms with E-state index in [1.807, 2.05) is 0 Å². The molecule has 3 N–H and O–H groups in total. The lowest BCUT2D eigenvalue weighted by Crippen LogP contribution is -2.15. The fraction of sp³-hybridized carbons (Fsp3) is 0.133. The second-order valence-corrected chi connectivity index (χ2v) is 4.75. The van der Waals surface area contributed by atoms with Crippen LogP contribution in [0.2, 0.25) is 5.02 Å². The Kier molecular flexibility index (Phi) is 5.00. The van der Waals surface area contributed by atoms with Crippen LogP contribution in [0.4, 0.5) is 15.8 Å². The molecule has 0 saturated carbocycles. The number of halogens is 2. The summed E-state index contributed by atoms with van der Waals surface area (Å²) in [5.74, 6) is -0.305. The fourth-order valence-electron chi connectivity index (χ4n) is 1.69. The summed E-state index contributed by atoms with van der Waals surface area (Å²) >= 11 is 5.81. The summed E-state index contributed by atoms with van der Waals surface area (Å²) in [4.78, 5) is 11.7. The SMILES string of the molecule is Nc1cccc(NC(=O)CCOc2ccc(F)cc2Cl)c1. The van der Waals surface area contributed by atoms with E-state index >= 15 is 0 Å². The molecule has 2 aromatic carbocycles. The number of hydrogen-bond acceptors (Lipinski definition) is 3. The van der Waals surface area contributed by atoms with Crippen molar-refractivity contribution in [2.75, 3.05) is 17.7 Å². The highest BCUT2D eigenvalue weighted by atomic mass is 35.5. The van der Waals surface area contributed by atoms with Gasteiger partial charge in [-0.25, -0.2) is 4.39 Å². The van der Waals surface area contributed by atoms with E-state index < -0.39 is 5.82 Å². The van der Waals surface area contributed by atoms with Crippen LogP contribution < -0.4 is 15.8 Å². The van der Waals surface area contributed by atoms with Crippen molar-refractivity contribution in [1.82, 2.24) is 0 Å². The standard InChI is InChI=1S/C15H14ClFN2O2/c16-13-8-10(17)4-5-14(13)21-7-6-15(20)19-12-3-1-2-11(18)9-12/h1-5,8-9H,6-7,18H2,(H,19,20). The smallest absolute Gasteiger partial charge is 0.227 e. The Morgan fingerprint density at radius 2 is 2.10 bits per heavy atom. The Labute approximate surface area is 126 Å². The summed E-state index contributed by atoms with van der Waals surface area (Å²) < 4.78 is 18.2. The van der Waals surface area contributed by atoms with E-state index in [2.05, 4.69) is 5.32 Å². The molecule has 0 aliphatic carbocycles. The number of carbonyl (C=O) groups excluding carboxylic acids is 1. The molecule has 110 valence electrons. The van der Waals surface area contributed by atoms with Crippen molar-refractivity contribution < 1.29 is 13.9 Å². The normalized spacial score (nSPS) is 10.2. The third-order valence-electron chi connectivity index (χ3n) is 2.65. The summed E-state index contributed by atoms with van der Waals surface area (Å²) in [6.45, 7) is 0.138.